The highest BCUT2D eigenvalue weighted by atomic mass is 16.4. The molecule has 1 aromatic carbocycles. The fourth-order valence-corrected chi connectivity index (χ4v) is 4.38. The predicted molar refractivity (Wildman–Crippen MR) is 109 cm³/mol. The Bertz CT molecular complexity index is 842. The number of amides is 1. The van der Waals surface area contributed by atoms with Crippen LogP contribution in [0.15, 0.2) is 34.7 Å². The highest BCUT2D eigenvalue weighted by molar-refractivity contribution is 5.88. The van der Waals surface area contributed by atoms with Crippen molar-refractivity contribution in [3.8, 4) is 0 Å². The minimum Gasteiger partial charge on any atom is -0.445 e. The Morgan fingerprint density at radius 3 is 2.43 bits per heavy atom. The molecule has 3 heterocycles. The van der Waals surface area contributed by atoms with Crippen molar-refractivity contribution in [3.63, 3.8) is 0 Å². The van der Waals surface area contributed by atoms with Crippen LogP contribution in [0.1, 0.15) is 56.5 Å². The molecule has 1 saturated heterocycles. The highest BCUT2D eigenvalue weighted by Crippen LogP contribution is 2.38. The average Bonchev–Trinajstić information content (AvgIpc) is 3.13. The number of piperidine rings is 1. The molecule has 4 rings (SSSR count). The minimum atomic E-state index is -0.429. The lowest BCUT2D eigenvalue weighted by Gasteiger charge is -2.43. The summed E-state index contributed by atoms with van der Waals surface area (Å²) in [5.41, 5.74) is 1.53. The lowest BCUT2D eigenvalue weighted by atomic mass is 9.71. The smallest absolute Gasteiger partial charge is 0.233 e. The van der Waals surface area contributed by atoms with Crippen molar-refractivity contribution in [2.75, 3.05) is 26.7 Å². The quantitative estimate of drug-likeness (QED) is 0.799. The van der Waals surface area contributed by atoms with Gasteiger partial charge in [-0.25, -0.2) is 4.98 Å². The van der Waals surface area contributed by atoms with E-state index in [-0.39, 0.29) is 11.3 Å². The summed E-state index contributed by atoms with van der Waals surface area (Å²) in [4.78, 5) is 22.9. The molecule has 1 fully saturated rings. The lowest BCUT2D eigenvalue weighted by molar-refractivity contribution is -0.140. The number of carbonyl (C=O) groups is 1. The number of oxazole rings is 1. The number of rotatable bonds is 2. The van der Waals surface area contributed by atoms with Crippen LogP contribution in [0.2, 0.25) is 0 Å². The first-order valence-corrected chi connectivity index (χ1v) is 10.3. The van der Waals surface area contributed by atoms with Gasteiger partial charge in [-0.15, -0.1) is 0 Å². The van der Waals surface area contributed by atoms with Crippen LogP contribution in [0.4, 0.5) is 0 Å². The van der Waals surface area contributed by atoms with Gasteiger partial charge in [0.1, 0.15) is 11.5 Å². The molecular weight excluding hydrogens is 350 g/mol. The molecule has 0 atom stereocenters. The van der Waals surface area contributed by atoms with Gasteiger partial charge < -0.3 is 14.2 Å². The third kappa shape index (κ3) is 3.37. The van der Waals surface area contributed by atoms with Crippen LogP contribution in [0, 0.1) is 0 Å². The van der Waals surface area contributed by atoms with E-state index in [2.05, 4.69) is 44.9 Å². The van der Waals surface area contributed by atoms with Gasteiger partial charge in [0.15, 0.2) is 5.89 Å². The van der Waals surface area contributed by atoms with E-state index in [0.29, 0.717) is 13.1 Å². The molecule has 2 aliphatic rings. The number of nitrogens with zero attached hydrogens (tertiary/aromatic N) is 3. The number of aromatic nitrogens is 1. The summed E-state index contributed by atoms with van der Waals surface area (Å²) in [6, 6.07) is 10.3. The van der Waals surface area contributed by atoms with Crippen LogP contribution < -0.4 is 0 Å². The summed E-state index contributed by atoms with van der Waals surface area (Å²) in [7, 11) is 2.13. The SMILES string of the molecule is CN1CCC(C(=O)N2CCc3oc(C(C)(C)C)nc3C2)(c2ccccc2)CC1. The van der Waals surface area contributed by atoms with Gasteiger partial charge in [0.2, 0.25) is 5.91 Å². The summed E-state index contributed by atoms with van der Waals surface area (Å²) in [6.45, 7) is 9.46. The number of benzene rings is 1. The van der Waals surface area contributed by atoms with Gasteiger partial charge in [-0.1, -0.05) is 51.1 Å². The number of hydrogen-bond donors (Lipinski definition) is 0. The van der Waals surface area contributed by atoms with E-state index < -0.39 is 5.41 Å². The van der Waals surface area contributed by atoms with Gasteiger partial charge in [0.05, 0.1) is 12.0 Å². The Balaban J connectivity index is 1.62. The molecule has 0 saturated carbocycles. The zero-order valence-electron chi connectivity index (χ0n) is 17.5. The van der Waals surface area contributed by atoms with Gasteiger partial charge in [0.25, 0.3) is 0 Å². The topological polar surface area (TPSA) is 49.6 Å². The first kappa shape index (κ1) is 19.2. The van der Waals surface area contributed by atoms with E-state index >= 15 is 0 Å². The second-order valence-electron chi connectivity index (χ2n) is 9.37. The first-order chi connectivity index (χ1) is 13.3. The van der Waals surface area contributed by atoms with Crippen molar-refractivity contribution in [2.24, 2.45) is 0 Å². The summed E-state index contributed by atoms with van der Waals surface area (Å²) in [5, 5.41) is 0. The van der Waals surface area contributed by atoms with E-state index in [9.17, 15) is 4.79 Å². The van der Waals surface area contributed by atoms with Gasteiger partial charge in [-0.2, -0.15) is 0 Å². The molecule has 150 valence electrons. The molecule has 5 heteroatoms. The molecule has 0 spiro atoms. The maximum Gasteiger partial charge on any atom is 0.233 e. The third-order valence-electron chi connectivity index (χ3n) is 6.23. The molecule has 0 N–H and O–H groups in total. The van der Waals surface area contributed by atoms with Crippen molar-refractivity contribution in [2.45, 2.75) is 57.4 Å². The molecule has 0 bridgehead atoms. The molecule has 5 nitrogen and oxygen atoms in total. The second kappa shape index (κ2) is 7.03. The van der Waals surface area contributed by atoms with Crippen LogP contribution in [0.25, 0.3) is 0 Å². The van der Waals surface area contributed by atoms with Crippen molar-refractivity contribution < 1.29 is 9.21 Å². The molecule has 2 aliphatic heterocycles. The normalized spacial score (nSPS) is 20.1. The zero-order chi connectivity index (χ0) is 19.9. The molecular formula is C23H31N3O2. The van der Waals surface area contributed by atoms with Crippen molar-refractivity contribution in [3.05, 3.63) is 53.2 Å². The van der Waals surface area contributed by atoms with Crippen LogP contribution in [-0.2, 0) is 28.6 Å². The van der Waals surface area contributed by atoms with E-state index in [1.807, 2.05) is 23.1 Å². The number of likely N-dealkylation sites (tertiary alicyclic amines) is 1. The van der Waals surface area contributed by atoms with Crippen molar-refractivity contribution >= 4 is 5.91 Å². The third-order valence-corrected chi connectivity index (χ3v) is 6.23. The maximum atomic E-state index is 13.8. The molecule has 1 aromatic heterocycles. The van der Waals surface area contributed by atoms with Gasteiger partial charge >= 0.3 is 0 Å². The standard InChI is InChI=1S/C23H31N3O2/c1-22(2,3)20-24-18-16-26(13-10-19(18)28-20)21(27)23(11-14-25(4)15-12-23)17-8-6-5-7-9-17/h5-9H,10-16H2,1-4H3. The molecule has 0 radical (unpaired) electrons. The Kier molecular flexibility index (Phi) is 4.82. The molecule has 1 amide bonds. The highest BCUT2D eigenvalue weighted by Gasteiger charge is 2.45. The van der Waals surface area contributed by atoms with Crippen LogP contribution in [-0.4, -0.2) is 47.4 Å². The van der Waals surface area contributed by atoms with Gasteiger partial charge in [0, 0.05) is 18.4 Å². The fourth-order valence-electron chi connectivity index (χ4n) is 4.38. The van der Waals surface area contributed by atoms with Crippen molar-refractivity contribution in [1.29, 1.82) is 0 Å². The van der Waals surface area contributed by atoms with Crippen LogP contribution in [0.5, 0.6) is 0 Å². The minimum absolute atomic E-state index is 0.120. The summed E-state index contributed by atoms with van der Waals surface area (Å²) < 4.78 is 6.01. The zero-order valence-corrected chi connectivity index (χ0v) is 17.5. The molecule has 0 aliphatic carbocycles. The maximum absolute atomic E-state index is 13.8. The molecule has 0 unspecified atom stereocenters. The van der Waals surface area contributed by atoms with Crippen molar-refractivity contribution in [1.82, 2.24) is 14.8 Å². The van der Waals surface area contributed by atoms with E-state index in [0.717, 1.165) is 55.3 Å². The van der Waals surface area contributed by atoms with Gasteiger partial charge in [-0.05, 0) is 38.5 Å². The number of carbonyl (C=O) groups excluding carboxylic acids is 1. The molecule has 2 aromatic rings. The second-order valence-corrected chi connectivity index (χ2v) is 9.37. The fraction of sp³-hybridized carbons (Fsp3) is 0.565. The summed E-state index contributed by atoms with van der Waals surface area (Å²) >= 11 is 0. The Morgan fingerprint density at radius 1 is 1.11 bits per heavy atom. The van der Waals surface area contributed by atoms with Crippen LogP contribution in [0.3, 0.4) is 0 Å². The monoisotopic (exact) mass is 381 g/mol. The van der Waals surface area contributed by atoms with E-state index in [1.165, 1.54) is 0 Å². The summed E-state index contributed by atoms with van der Waals surface area (Å²) in [6.07, 6.45) is 2.47. The summed E-state index contributed by atoms with van der Waals surface area (Å²) in [5.74, 6) is 1.97. The van der Waals surface area contributed by atoms with Gasteiger partial charge in [-0.3, -0.25) is 4.79 Å². The Labute approximate surface area is 167 Å². The number of fused-ring (bicyclic) bond motifs is 1. The number of hydrogen-bond acceptors (Lipinski definition) is 4. The average molecular weight is 382 g/mol. The largest absolute Gasteiger partial charge is 0.445 e. The Morgan fingerprint density at radius 2 is 1.79 bits per heavy atom. The first-order valence-electron chi connectivity index (χ1n) is 10.3. The van der Waals surface area contributed by atoms with Crippen LogP contribution >= 0.6 is 0 Å². The van der Waals surface area contributed by atoms with E-state index in [4.69, 9.17) is 9.40 Å². The Hall–Kier alpha value is -2.14. The lowest BCUT2D eigenvalue weighted by Crippen LogP contribution is -2.53. The predicted octanol–water partition coefficient (Wildman–Crippen LogP) is 3.52. The van der Waals surface area contributed by atoms with E-state index in [1.54, 1.807) is 0 Å². The molecule has 28 heavy (non-hydrogen) atoms.